The number of rotatable bonds is 3. The molecule has 0 saturated carbocycles. The van der Waals surface area contributed by atoms with Crippen LogP contribution in [0.1, 0.15) is 16.7 Å². The topological polar surface area (TPSA) is 37.1 Å². The second-order valence-corrected chi connectivity index (χ2v) is 8.07. The molecule has 3 aromatic rings. The molecule has 1 amide bonds. The van der Waals surface area contributed by atoms with Gasteiger partial charge in [-0.2, -0.15) is 0 Å². The molecule has 6 heteroatoms. The molecule has 2 heterocycles. The maximum absolute atomic E-state index is 13.5. The third-order valence-corrected chi connectivity index (χ3v) is 6.02. The van der Waals surface area contributed by atoms with Crippen LogP contribution in [0.25, 0.3) is 0 Å². The molecular formula is C24H20ClFN3O+. The number of carbonyl (C=O) groups is 1. The summed E-state index contributed by atoms with van der Waals surface area (Å²) in [5, 5.41) is -0.0103. The average Bonchev–Trinajstić information content (AvgIpc) is 3.02. The van der Waals surface area contributed by atoms with Crippen molar-refractivity contribution in [2.45, 2.75) is 13.0 Å². The summed E-state index contributed by atoms with van der Waals surface area (Å²) in [6.45, 7) is 2.44. The van der Waals surface area contributed by atoms with Crippen molar-refractivity contribution in [2.24, 2.45) is 4.99 Å². The Morgan fingerprint density at radius 2 is 1.80 bits per heavy atom. The van der Waals surface area contributed by atoms with Crippen LogP contribution in [0.2, 0.25) is 5.02 Å². The number of para-hydroxylation sites is 1. The van der Waals surface area contributed by atoms with Crippen LogP contribution >= 0.6 is 11.6 Å². The van der Waals surface area contributed by atoms with Gasteiger partial charge >= 0.3 is 0 Å². The first-order valence-corrected chi connectivity index (χ1v) is 10.3. The molecule has 2 aliphatic rings. The zero-order valence-electron chi connectivity index (χ0n) is 16.2. The summed E-state index contributed by atoms with van der Waals surface area (Å²) in [6, 6.07) is 20.4. The predicted octanol–water partition coefficient (Wildman–Crippen LogP) is 3.55. The first-order valence-electron chi connectivity index (χ1n) is 9.95. The fourth-order valence-electron chi connectivity index (χ4n) is 4.21. The van der Waals surface area contributed by atoms with Crippen LogP contribution in [-0.4, -0.2) is 24.8 Å². The van der Waals surface area contributed by atoms with Gasteiger partial charge in [-0.05, 0) is 29.8 Å². The van der Waals surface area contributed by atoms with E-state index in [1.54, 1.807) is 0 Å². The van der Waals surface area contributed by atoms with E-state index in [1.807, 2.05) is 29.2 Å². The summed E-state index contributed by atoms with van der Waals surface area (Å²) in [7, 11) is 0. The number of hydrogen-bond acceptors (Lipinski definition) is 2. The molecule has 30 heavy (non-hydrogen) atoms. The van der Waals surface area contributed by atoms with Crippen molar-refractivity contribution in [1.82, 2.24) is 0 Å². The van der Waals surface area contributed by atoms with Crippen molar-refractivity contribution < 1.29 is 14.1 Å². The number of amides is 1. The summed E-state index contributed by atoms with van der Waals surface area (Å²) in [4.78, 5) is 21.0. The Bertz CT molecular complexity index is 1180. The number of hydrogen-bond donors (Lipinski definition) is 1. The lowest BCUT2D eigenvalue weighted by Crippen LogP contribution is -3.13. The number of anilines is 1. The molecule has 0 aromatic heterocycles. The van der Waals surface area contributed by atoms with E-state index in [0.717, 1.165) is 30.8 Å². The summed E-state index contributed by atoms with van der Waals surface area (Å²) in [6.07, 6.45) is 1.00. The predicted molar refractivity (Wildman–Crippen MR) is 116 cm³/mol. The van der Waals surface area contributed by atoms with Crippen molar-refractivity contribution in [1.29, 1.82) is 0 Å². The molecule has 3 aromatic carbocycles. The first-order chi connectivity index (χ1) is 14.6. The van der Waals surface area contributed by atoms with E-state index in [1.165, 1.54) is 34.2 Å². The van der Waals surface area contributed by atoms with Gasteiger partial charge in [0.15, 0.2) is 6.67 Å². The second kappa shape index (κ2) is 7.67. The number of benzene rings is 3. The Balaban J connectivity index is 1.45. The van der Waals surface area contributed by atoms with E-state index in [0.29, 0.717) is 18.1 Å². The van der Waals surface area contributed by atoms with E-state index in [-0.39, 0.29) is 10.9 Å². The molecule has 0 radical (unpaired) electrons. The smallest absolute Gasteiger partial charge is 0.281 e. The van der Waals surface area contributed by atoms with E-state index in [4.69, 9.17) is 11.6 Å². The molecule has 4 nitrogen and oxygen atoms in total. The van der Waals surface area contributed by atoms with E-state index in [2.05, 4.69) is 29.3 Å². The molecule has 0 bridgehead atoms. The first kappa shape index (κ1) is 19.0. The van der Waals surface area contributed by atoms with Gasteiger partial charge in [0.05, 0.1) is 22.9 Å². The zero-order chi connectivity index (χ0) is 20.7. The minimum Gasteiger partial charge on any atom is -0.313 e. The second-order valence-electron chi connectivity index (χ2n) is 7.66. The zero-order valence-corrected chi connectivity index (χ0v) is 17.0. The Morgan fingerprint density at radius 3 is 2.63 bits per heavy atom. The van der Waals surface area contributed by atoms with Gasteiger partial charge in [-0.1, -0.05) is 54.1 Å². The van der Waals surface area contributed by atoms with Gasteiger partial charge in [-0.25, -0.2) is 9.38 Å². The minimum absolute atomic E-state index is 0.0103. The molecule has 0 fully saturated rings. The van der Waals surface area contributed by atoms with Gasteiger partial charge in [-0.3, -0.25) is 9.69 Å². The van der Waals surface area contributed by atoms with Gasteiger partial charge in [-0.15, -0.1) is 0 Å². The van der Waals surface area contributed by atoms with Gasteiger partial charge in [0.2, 0.25) is 0 Å². The van der Waals surface area contributed by atoms with Gasteiger partial charge in [0, 0.05) is 17.5 Å². The van der Waals surface area contributed by atoms with Gasteiger partial charge in [0.1, 0.15) is 18.1 Å². The number of aliphatic imine (C=N–C) groups is 1. The summed E-state index contributed by atoms with van der Waals surface area (Å²) in [5.41, 5.74) is 5.21. The fourth-order valence-corrected chi connectivity index (χ4v) is 4.39. The lowest BCUT2D eigenvalue weighted by atomic mass is 10.0. The lowest BCUT2D eigenvalue weighted by molar-refractivity contribution is -0.914. The minimum atomic E-state index is -0.505. The van der Waals surface area contributed by atoms with Crippen LogP contribution < -0.4 is 9.80 Å². The van der Waals surface area contributed by atoms with Crippen molar-refractivity contribution in [3.63, 3.8) is 0 Å². The van der Waals surface area contributed by atoms with Crippen molar-refractivity contribution in [3.8, 4) is 0 Å². The highest BCUT2D eigenvalue weighted by Gasteiger charge is 2.36. The van der Waals surface area contributed by atoms with Crippen LogP contribution in [0.15, 0.2) is 71.7 Å². The molecule has 0 spiro atoms. The molecule has 150 valence electrons. The van der Waals surface area contributed by atoms with Crippen LogP contribution in [0.4, 0.5) is 15.8 Å². The van der Waals surface area contributed by atoms with Crippen LogP contribution in [-0.2, 0) is 17.8 Å². The average molecular weight is 421 g/mol. The Kier molecular flexibility index (Phi) is 4.85. The highest BCUT2D eigenvalue weighted by molar-refractivity contribution is 6.54. The molecule has 1 atom stereocenters. The largest absolute Gasteiger partial charge is 0.313 e. The third-order valence-electron chi connectivity index (χ3n) is 5.73. The SMILES string of the molecule is O=C1C(=Nc2ccc(F)c(Cl)c2)c2ccccc2N1C[NH+]1CCc2ccccc2C1. The normalized spacial score (nSPS) is 19.1. The van der Waals surface area contributed by atoms with E-state index >= 15 is 0 Å². The quantitative estimate of drug-likeness (QED) is 0.691. The van der Waals surface area contributed by atoms with Crippen LogP contribution in [0, 0.1) is 5.82 Å². The summed E-state index contributed by atoms with van der Waals surface area (Å²) in [5.74, 6) is -0.641. The van der Waals surface area contributed by atoms with Crippen molar-refractivity contribution in [2.75, 3.05) is 18.1 Å². The molecule has 5 rings (SSSR count). The molecule has 2 aliphatic heterocycles. The molecular weight excluding hydrogens is 401 g/mol. The highest BCUT2D eigenvalue weighted by Crippen LogP contribution is 2.31. The number of fused-ring (bicyclic) bond motifs is 2. The summed E-state index contributed by atoms with van der Waals surface area (Å²) >= 11 is 5.89. The Labute approximate surface area is 179 Å². The van der Waals surface area contributed by atoms with Crippen molar-refractivity contribution >= 4 is 34.6 Å². The van der Waals surface area contributed by atoms with Gasteiger partial charge < -0.3 is 4.90 Å². The number of halogens is 2. The molecule has 0 aliphatic carbocycles. The van der Waals surface area contributed by atoms with Crippen LogP contribution in [0.3, 0.4) is 0 Å². The number of quaternary nitrogens is 1. The van der Waals surface area contributed by atoms with Crippen molar-refractivity contribution in [3.05, 3.63) is 94.3 Å². The molecule has 1 N–H and O–H groups in total. The number of carbonyl (C=O) groups excluding carboxylic acids is 1. The standard InChI is InChI=1S/C24H19ClFN3O/c25-20-13-18(9-10-21(20)26)27-23-19-7-3-4-8-22(19)29(24(23)30)15-28-12-11-16-5-1-2-6-17(16)14-28/h1-10,13H,11-12,14-15H2/p+1. The van der Waals surface area contributed by atoms with Crippen LogP contribution in [0.5, 0.6) is 0 Å². The number of nitrogens with zero attached hydrogens (tertiary/aromatic N) is 2. The molecule has 0 saturated heterocycles. The fraction of sp³-hybridized carbons (Fsp3) is 0.167. The Hall–Kier alpha value is -3.02. The van der Waals surface area contributed by atoms with E-state index < -0.39 is 5.82 Å². The third kappa shape index (κ3) is 3.40. The Morgan fingerprint density at radius 1 is 1.03 bits per heavy atom. The maximum Gasteiger partial charge on any atom is 0.281 e. The van der Waals surface area contributed by atoms with E-state index in [9.17, 15) is 9.18 Å². The number of nitrogens with one attached hydrogen (secondary N) is 1. The summed E-state index contributed by atoms with van der Waals surface area (Å²) < 4.78 is 13.5. The monoisotopic (exact) mass is 420 g/mol. The maximum atomic E-state index is 13.5. The lowest BCUT2D eigenvalue weighted by Gasteiger charge is -2.29. The highest BCUT2D eigenvalue weighted by atomic mass is 35.5. The molecule has 1 unspecified atom stereocenters. The van der Waals surface area contributed by atoms with Gasteiger partial charge in [0.25, 0.3) is 5.91 Å².